The Bertz CT molecular complexity index is 1830. The maximum Gasteiger partial charge on any atom is 0.294 e. The van der Waals surface area contributed by atoms with Gasteiger partial charge in [-0.25, -0.2) is 4.57 Å². The van der Waals surface area contributed by atoms with E-state index in [1.54, 1.807) is 0 Å². The van der Waals surface area contributed by atoms with Crippen LogP contribution in [0.25, 0.3) is 39.3 Å². The minimum absolute atomic E-state index is 0.126. The number of fused-ring (bicyclic) bond motifs is 6. The summed E-state index contributed by atoms with van der Waals surface area (Å²) in [6, 6.07) is 29.6. The van der Waals surface area contributed by atoms with Crippen LogP contribution in [-0.2, 0) is 16.4 Å². The van der Waals surface area contributed by atoms with Gasteiger partial charge in [0.05, 0.1) is 5.56 Å². The standard InChI is InChI=1S/C39H39N2/c1-24-14-8-9-15-26(24)36-40(20-21-41(36)39(7)23-25(39)2)35-33-29(27-16-10-12-18-31(27)37(33,3)4)22-30-28-17-11-13-19-32(28)38(5,6)34(30)35/h8-22,25H,23H2,1-7H3/q+1/t25-,39?/m1/s1. The highest BCUT2D eigenvalue weighted by Crippen LogP contribution is 2.59. The van der Waals surface area contributed by atoms with Gasteiger partial charge in [-0.1, -0.05) is 101 Å². The summed E-state index contributed by atoms with van der Waals surface area (Å²) in [4.78, 5) is 0. The highest BCUT2D eigenvalue weighted by atomic mass is 15.2. The third kappa shape index (κ3) is 3.06. The predicted octanol–water partition coefficient (Wildman–Crippen LogP) is 9.11. The molecule has 1 fully saturated rings. The summed E-state index contributed by atoms with van der Waals surface area (Å²) in [6.07, 6.45) is 5.94. The predicted molar refractivity (Wildman–Crippen MR) is 169 cm³/mol. The van der Waals surface area contributed by atoms with Gasteiger partial charge in [-0.15, -0.1) is 0 Å². The molecule has 0 spiro atoms. The highest BCUT2D eigenvalue weighted by molar-refractivity contribution is 5.94. The molecule has 2 heteroatoms. The first-order valence-corrected chi connectivity index (χ1v) is 15.2. The molecule has 2 nitrogen and oxygen atoms in total. The van der Waals surface area contributed by atoms with Crippen molar-refractivity contribution in [1.82, 2.24) is 4.57 Å². The van der Waals surface area contributed by atoms with Gasteiger partial charge in [-0.05, 0) is 71.3 Å². The van der Waals surface area contributed by atoms with Crippen molar-refractivity contribution in [3.63, 3.8) is 0 Å². The Kier molecular flexibility index (Phi) is 4.78. The molecule has 8 rings (SSSR count). The van der Waals surface area contributed by atoms with E-state index >= 15 is 0 Å². The van der Waals surface area contributed by atoms with Crippen molar-refractivity contribution in [2.75, 3.05) is 0 Å². The Hall–Kier alpha value is -3.91. The zero-order valence-electron chi connectivity index (χ0n) is 25.3. The van der Waals surface area contributed by atoms with Crippen LogP contribution in [0.1, 0.15) is 75.8 Å². The largest absolute Gasteiger partial charge is 0.294 e. The molecule has 41 heavy (non-hydrogen) atoms. The van der Waals surface area contributed by atoms with Gasteiger partial charge in [0.25, 0.3) is 5.82 Å². The topological polar surface area (TPSA) is 8.81 Å². The van der Waals surface area contributed by atoms with E-state index in [-0.39, 0.29) is 16.4 Å². The van der Waals surface area contributed by atoms with Crippen molar-refractivity contribution in [3.8, 4) is 39.3 Å². The van der Waals surface area contributed by atoms with Crippen LogP contribution in [0.3, 0.4) is 0 Å². The second kappa shape index (κ2) is 7.88. The molecule has 4 aromatic carbocycles. The monoisotopic (exact) mass is 535 g/mol. The molecular weight excluding hydrogens is 496 g/mol. The van der Waals surface area contributed by atoms with Gasteiger partial charge < -0.3 is 0 Å². The van der Waals surface area contributed by atoms with Crippen molar-refractivity contribution in [1.29, 1.82) is 0 Å². The number of imidazole rings is 1. The van der Waals surface area contributed by atoms with Crippen LogP contribution >= 0.6 is 0 Å². The molecular formula is C39H39N2+. The molecule has 2 atom stereocenters. The Balaban J connectivity index is 1.56. The lowest BCUT2D eigenvalue weighted by molar-refractivity contribution is -0.727. The third-order valence-electron chi connectivity index (χ3n) is 11.0. The summed E-state index contributed by atoms with van der Waals surface area (Å²) in [5.41, 5.74) is 15.1. The van der Waals surface area contributed by atoms with Gasteiger partial charge in [-0.2, -0.15) is 4.57 Å². The maximum atomic E-state index is 2.59. The molecule has 3 aliphatic carbocycles. The number of hydrogen-bond donors (Lipinski definition) is 0. The summed E-state index contributed by atoms with van der Waals surface area (Å²) in [6.45, 7) is 16.8. The van der Waals surface area contributed by atoms with E-state index in [2.05, 4.69) is 149 Å². The Labute approximate surface area is 244 Å². The van der Waals surface area contributed by atoms with Crippen LogP contribution in [0.2, 0.25) is 0 Å². The van der Waals surface area contributed by atoms with Crippen molar-refractivity contribution >= 4 is 0 Å². The van der Waals surface area contributed by atoms with Gasteiger partial charge in [-0.3, -0.25) is 0 Å². The van der Waals surface area contributed by atoms with E-state index in [1.165, 1.54) is 73.6 Å². The fourth-order valence-corrected chi connectivity index (χ4v) is 8.36. The molecule has 0 bridgehead atoms. The van der Waals surface area contributed by atoms with Crippen LogP contribution < -0.4 is 4.57 Å². The molecule has 0 N–H and O–H groups in total. The normalized spacial score (nSPS) is 22.2. The Morgan fingerprint density at radius 1 is 0.683 bits per heavy atom. The molecule has 0 aliphatic heterocycles. The lowest BCUT2D eigenvalue weighted by Crippen LogP contribution is -2.46. The number of rotatable bonds is 3. The molecule has 1 aromatic heterocycles. The minimum Gasteiger partial charge on any atom is -0.224 e. The SMILES string of the molecule is Cc1ccccc1-c1n(-c2c3c(cc4c2C(C)(C)c2ccccc2-4)-c2ccccc2C3(C)C)cc[n+]1C1(C)C[C@H]1C. The number of aryl methyl sites for hydroxylation is 1. The molecule has 0 saturated heterocycles. The molecule has 1 saturated carbocycles. The van der Waals surface area contributed by atoms with Gasteiger partial charge in [0, 0.05) is 27.9 Å². The molecule has 5 aromatic rings. The summed E-state index contributed by atoms with van der Waals surface area (Å²) >= 11 is 0. The van der Waals surface area contributed by atoms with Crippen molar-refractivity contribution in [2.45, 2.75) is 71.3 Å². The number of benzene rings is 4. The molecule has 1 heterocycles. The van der Waals surface area contributed by atoms with Crippen molar-refractivity contribution < 1.29 is 4.57 Å². The zero-order chi connectivity index (χ0) is 28.5. The smallest absolute Gasteiger partial charge is 0.224 e. The quantitative estimate of drug-likeness (QED) is 0.204. The number of aromatic nitrogens is 2. The van der Waals surface area contributed by atoms with Crippen LogP contribution in [0, 0.1) is 12.8 Å². The summed E-state index contributed by atoms with van der Waals surface area (Å²) in [5.74, 6) is 1.95. The fraction of sp³-hybridized carbons (Fsp3) is 0.308. The average molecular weight is 536 g/mol. The lowest BCUT2D eigenvalue weighted by atomic mass is 9.75. The van der Waals surface area contributed by atoms with E-state index in [4.69, 9.17) is 0 Å². The van der Waals surface area contributed by atoms with E-state index in [0.29, 0.717) is 5.92 Å². The maximum absolute atomic E-state index is 2.59. The summed E-state index contributed by atoms with van der Waals surface area (Å²) < 4.78 is 5.17. The van der Waals surface area contributed by atoms with Crippen LogP contribution in [0.4, 0.5) is 0 Å². The first kappa shape index (κ1) is 24.9. The second-order valence-corrected chi connectivity index (χ2v) is 14.1. The fourth-order valence-electron chi connectivity index (χ4n) is 8.36. The summed E-state index contributed by atoms with van der Waals surface area (Å²) in [7, 11) is 0. The Morgan fingerprint density at radius 3 is 1.68 bits per heavy atom. The van der Waals surface area contributed by atoms with E-state index in [1.807, 2.05) is 0 Å². The van der Waals surface area contributed by atoms with Gasteiger partial charge in [0.1, 0.15) is 23.6 Å². The first-order valence-electron chi connectivity index (χ1n) is 15.2. The van der Waals surface area contributed by atoms with Gasteiger partial charge in [0.2, 0.25) is 0 Å². The van der Waals surface area contributed by atoms with Crippen LogP contribution in [-0.4, -0.2) is 4.57 Å². The van der Waals surface area contributed by atoms with E-state index < -0.39 is 0 Å². The Morgan fingerprint density at radius 2 is 1.17 bits per heavy atom. The van der Waals surface area contributed by atoms with Crippen LogP contribution in [0.5, 0.6) is 0 Å². The molecule has 3 aliphatic rings. The molecule has 0 radical (unpaired) electrons. The second-order valence-electron chi connectivity index (χ2n) is 14.1. The molecule has 1 unspecified atom stereocenters. The van der Waals surface area contributed by atoms with E-state index in [0.717, 1.165) is 0 Å². The lowest BCUT2D eigenvalue weighted by Gasteiger charge is -2.29. The average Bonchev–Trinajstić information content (AvgIpc) is 3.24. The summed E-state index contributed by atoms with van der Waals surface area (Å²) in [5, 5.41) is 0. The zero-order valence-corrected chi connectivity index (χ0v) is 25.3. The van der Waals surface area contributed by atoms with Gasteiger partial charge >= 0.3 is 0 Å². The first-order chi connectivity index (χ1) is 19.6. The highest BCUT2D eigenvalue weighted by Gasteiger charge is 2.55. The van der Waals surface area contributed by atoms with Crippen LogP contribution in [0.15, 0.2) is 91.3 Å². The number of hydrogen-bond acceptors (Lipinski definition) is 0. The van der Waals surface area contributed by atoms with E-state index in [9.17, 15) is 0 Å². The molecule has 0 amide bonds. The van der Waals surface area contributed by atoms with Crippen molar-refractivity contribution in [2.24, 2.45) is 5.92 Å². The third-order valence-corrected chi connectivity index (χ3v) is 11.0. The minimum atomic E-state index is -0.129. The molecule has 204 valence electrons. The number of nitrogens with zero attached hydrogens (tertiary/aromatic N) is 2. The van der Waals surface area contributed by atoms with Crippen molar-refractivity contribution in [3.05, 3.63) is 119 Å². The van der Waals surface area contributed by atoms with Gasteiger partial charge in [0.15, 0.2) is 0 Å².